The van der Waals surface area contributed by atoms with Gasteiger partial charge in [-0.05, 0) is 48.7 Å². The molecule has 0 atom stereocenters. The summed E-state index contributed by atoms with van der Waals surface area (Å²) in [5.74, 6) is 2.02. The van der Waals surface area contributed by atoms with Gasteiger partial charge in [-0.2, -0.15) is 0 Å². The molecule has 4 nitrogen and oxygen atoms in total. The molecule has 2 rings (SSSR count). The molecule has 1 aromatic heterocycles. The maximum atomic E-state index is 12.0. The molecule has 112 valence electrons. The Hall–Kier alpha value is -2.23. The van der Waals surface area contributed by atoms with E-state index in [9.17, 15) is 4.79 Å². The molecular formula is C17H21NO3. The SMILES string of the molecule is CC(C)CCOc1ccc(C(=O)NCc2ccco2)cc1. The maximum absolute atomic E-state index is 12.0. The summed E-state index contributed by atoms with van der Waals surface area (Å²) < 4.78 is 10.8. The fraction of sp³-hybridized carbons (Fsp3) is 0.353. The summed E-state index contributed by atoms with van der Waals surface area (Å²) in [6, 6.07) is 10.8. The van der Waals surface area contributed by atoms with Gasteiger partial charge in [0.2, 0.25) is 0 Å². The molecule has 2 aromatic rings. The number of carbonyl (C=O) groups is 1. The van der Waals surface area contributed by atoms with E-state index >= 15 is 0 Å². The van der Waals surface area contributed by atoms with Crippen molar-refractivity contribution in [3.05, 3.63) is 54.0 Å². The van der Waals surface area contributed by atoms with Gasteiger partial charge in [0.1, 0.15) is 11.5 Å². The van der Waals surface area contributed by atoms with Crippen LogP contribution in [0.3, 0.4) is 0 Å². The largest absolute Gasteiger partial charge is 0.494 e. The van der Waals surface area contributed by atoms with Crippen molar-refractivity contribution >= 4 is 5.91 Å². The van der Waals surface area contributed by atoms with Gasteiger partial charge in [0, 0.05) is 5.56 Å². The van der Waals surface area contributed by atoms with Gasteiger partial charge in [0.15, 0.2) is 0 Å². The lowest BCUT2D eigenvalue weighted by molar-refractivity contribution is 0.0948. The van der Waals surface area contributed by atoms with Crippen molar-refractivity contribution in [3.63, 3.8) is 0 Å². The molecule has 0 fully saturated rings. The van der Waals surface area contributed by atoms with E-state index in [1.165, 1.54) is 0 Å². The van der Waals surface area contributed by atoms with Crippen LogP contribution >= 0.6 is 0 Å². The third-order valence-corrected chi connectivity index (χ3v) is 3.08. The van der Waals surface area contributed by atoms with E-state index in [2.05, 4.69) is 19.2 Å². The second-order valence-electron chi connectivity index (χ2n) is 5.32. The summed E-state index contributed by atoms with van der Waals surface area (Å²) in [6.07, 6.45) is 2.61. The maximum Gasteiger partial charge on any atom is 0.251 e. The number of amides is 1. The van der Waals surface area contributed by atoms with Crippen molar-refractivity contribution in [1.82, 2.24) is 5.32 Å². The fourth-order valence-corrected chi connectivity index (χ4v) is 1.80. The standard InChI is InChI=1S/C17H21NO3/c1-13(2)9-11-21-15-7-5-14(6-8-15)17(19)18-12-16-4-3-10-20-16/h3-8,10,13H,9,11-12H2,1-2H3,(H,18,19). The van der Waals surface area contributed by atoms with Crippen molar-refractivity contribution in [3.8, 4) is 5.75 Å². The van der Waals surface area contributed by atoms with Gasteiger partial charge in [-0.3, -0.25) is 4.79 Å². The van der Waals surface area contributed by atoms with Crippen LogP contribution in [0.4, 0.5) is 0 Å². The van der Waals surface area contributed by atoms with Crippen LogP contribution in [0.1, 0.15) is 36.4 Å². The second kappa shape index (κ2) is 7.53. The average Bonchev–Trinajstić information content (AvgIpc) is 2.98. The first-order valence-corrected chi connectivity index (χ1v) is 7.18. The highest BCUT2D eigenvalue weighted by molar-refractivity contribution is 5.94. The van der Waals surface area contributed by atoms with Gasteiger partial charge in [-0.1, -0.05) is 13.8 Å². The smallest absolute Gasteiger partial charge is 0.251 e. The van der Waals surface area contributed by atoms with Crippen molar-refractivity contribution in [2.45, 2.75) is 26.8 Å². The van der Waals surface area contributed by atoms with Crippen LogP contribution in [0.15, 0.2) is 47.1 Å². The van der Waals surface area contributed by atoms with Crippen LogP contribution in [0.25, 0.3) is 0 Å². The quantitative estimate of drug-likeness (QED) is 0.846. The monoisotopic (exact) mass is 287 g/mol. The molecule has 0 saturated heterocycles. The molecule has 21 heavy (non-hydrogen) atoms. The van der Waals surface area contributed by atoms with Crippen molar-refractivity contribution in [1.29, 1.82) is 0 Å². The Balaban J connectivity index is 1.82. The molecule has 0 spiro atoms. The number of nitrogens with one attached hydrogen (secondary N) is 1. The third kappa shape index (κ3) is 4.99. The van der Waals surface area contributed by atoms with Crippen LogP contribution < -0.4 is 10.1 Å². The lowest BCUT2D eigenvalue weighted by atomic mass is 10.1. The Kier molecular flexibility index (Phi) is 5.43. The summed E-state index contributed by atoms with van der Waals surface area (Å²) in [4.78, 5) is 12.0. The van der Waals surface area contributed by atoms with E-state index in [0.29, 0.717) is 24.6 Å². The summed E-state index contributed by atoms with van der Waals surface area (Å²) in [6.45, 7) is 5.41. The Morgan fingerprint density at radius 1 is 1.24 bits per heavy atom. The molecule has 0 aliphatic rings. The number of carbonyl (C=O) groups excluding carboxylic acids is 1. The van der Waals surface area contributed by atoms with E-state index in [4.69, 9.17) is 9.15 Å². The molecule has 0 aliphatic carbocycles. The Morgan fingerprint density at radius 3 is 2.62 bits per heavy atom. The predicted molar refractivity (Wildman–Crippen MR) is 81.3 cm³/mol. The number of furan rings is 1. The Labute approximate surface area is 125 Å². The van der Waals surface area contributed by atoms with E-state index in [-0.39, 0.29) is 5.91 Å². The van der Waals surface area contributed by atoms with Crippen LogP contribution in [-0.4, -0.2) is 12.5 Å². The lowest BCUT2D eigenvalue weighted by Gasteiger charge is -2.09. The minimum Gasteiger partial charge on any atom is -0.494 e. The molecule has 0 radical (unpaired) electrons. The first-order valence-electron chi connectivity index (χ1n) is 7.18. The topological polar surface area (TPSA) is 51.5 Å². The molecule has 0 bridgehead atoms. The Bertz CT molecular complexity index is 544. The fourth-order valence-electron chi connectivity index (χ4n) is 1.80. The number of ether oxygens (including phenoxy) is 1. The molecule has 0 saturated carbocycles. The second-order valence-corrected chi connectivity index (χ2v) is 5.32. The van der Waals surface area contributed by atoms with Gasteiger partial charge in [0.05, 0.1) is 19.4 Å². The van der Waals surface area contributed by atoms with E-state index in [1.807, 2.05) is 18.2 Å². The first kappa shape index (κ1) is 15.2. The molecular weight excluding hydrogens is 266 g/mol. The van der Waals surface area contributed by atoms with Crippen LogP contribution in [0.2, 0.25) is 0 Å². The van der Waals surface area contributed by atoms with Gasteiger partial charge in [0.25, 0.3) is 5.91 Å². The van der Waals surface area contributed by atoms with Crippen LogP contribution in [-0.2, 0) is 6.54 Å². The zero-order valence-corrected chi connectivity index (χ0v) is 12.5. The number of rotatable bonds is 7. The normalized spacial score (nSPS) is 10.6. The van der Waals surface area contributed by atoms with Gasteiger partial charge in [-0.25, -0.2) is 0 Å². The van der Waals surface area contributed by atoms with Crippen molar-refractivity contribution < 1.29 is 13.9 Å². The van der Waals surface area contributed by atoms with Crippen LogP contribution in [0, 0.1) is 5.92 Å². The number of benzene rings is 1. The first-order chi connectivity index (χ1) is 10.1. The molecule has 4 heteroatoms. The van der Waals surface area contributed by atoms with Gasteiger partial charge in [-0.15, -0.1) is 0 Å². The van der Waals surface area contributed by atoms with Crippen molar-refractivity contribution in [2.24, 2.45) is 5.92 Å². The van der Waals surface area contributed by atoms with Gasteiger partial charge < -0.3 is 14.5 Å². The van der Waals surface area contributed by atoms with Gasteiger partial charge >= 0.3 is 0 Å². The number of hydrogen-bond donors (Lipinski definition) is 1. The van der Waals surface area contributed by atoms with E-state index in [0.717, 1.165) is 17.9 Å². The minimum absolute atomic E-state index is 0.125. The molecule has 0 aliphatic heterocycles. The highest BCUT2D eigenvalue weighted by atomic mass is 16.5. The highest BCUT2D eigenvalue weighted by Gasteiger charge is 2.06. The zero-order valence-electron chi connectivity index (χ0n) is 12.5. The zero-order chi connectivity index (χ0) is 15.1. The molecule has 1 heterocycles. The van der Waals surface area contributed by atoms with E-state index < -0.39 is 0 Å². The molecule has 1 N–H and O–H groups in total. The summed E-state index contributed by atoms with van der Waals surface area (Å²) >= 11 is 0. The average molecular weight is 287 g/mol. The molecule has 1 amide bonds. The summed E-state index contributed by atoms with van der Waals surface area (Å²) in [7, 11) is 0. The molecule has 0 unspecified atom stereocenters. The minimum atomic E-state index is -0.125. The van der Waals surface area contributed by atoms with Crippen molar-refractivity contribution in [2.75, 3.05) is 6.61 Å². The van der Waals surface area contributed by atoms with Crippen LogP contribution in [0.5, 0.6) is 5.75 Å². The lowest BCUT2D eigenvalue weighted by Crippen LogP contribution is -2.22. The van der Waals surface area contributed by atoms with E-state index in [1.54, 1.807) is 24.5 Å². The molecule has 1 aromatic carbocycles. The summed E-state index contributed by atoms with van der Waals surface area (Å²) in [5, 5.41) is 2.81. The summed E-state index contributed by atoms with van der Waals surface area (Å²) in [5.41, 5.74) is 0.609. The highest BCUT2D eigenvalue weighted by Crippen LogP contribution is 2.13. The third-order valence-electron chi connectivity index (χ3n) is 3.08. The number of hydrogen-bond acceptors (Lipinski definition) is 3. The Morgan fingerprint density at radius 2 is 2.00 bits per heavy atom. The predicted octanol–water partition coefficient (Wildman–Crippen LogP) is 3.63.